The van der Waals surface area contributed by atoms with Crippen LogP contribution < -0.4 is 16.0 Å². The second-order valence-electron chi connectivity index (χ2n) is 5.53. The van der Waals surface area contributed by atoms with Crippen LogP contribution in [0.15, 0.2) is 64.4 Å². The van der Waals surface area contributed by atoms with Gasteiger partial charge in [-0.25, -0.2) is 8.42 Å². The Labute approximate surface area is 169 Å². The molecule has 1 amide bonds. The maximum absolute atomic E-state index is 12.6. The Morgan fingerprint density at radius 3 is 2.36 bits per heavy atom. The molecule has 0 radical (unpaired) electrons. The fraction of sp³-hybridized carbons (Fsp3) is 0. The van der Waals surface area contributed by atoms with E-state index in [0.29, 0.717) is 5.69 Å². The number of benzene rings is 2. The summed E-state index contributed by atoms with van der Waals surface area (Å²) in [6.45, 7) is 0. The number of rotatable bonds is 5. The lowest BCUT2D eigenvalue weighted by molar-refractivity contribution is 0.100. The third-order valence-corrected chi connectivity index (χ3v) is 5.83. The number of anilines is 1. The molecule has 0 atom stereocenters. The van der Waals surface area contributed by atoms with E-state index in [1.54, 1.807) is 12.1 Å². The molecule has 144 valence electrons. The normalized spacial score (nSPS) is 11.2. The number of amides is 1. The van der Waals surface area contributed by atoms with E-state index in [4.69, 9.17) is 28.9 Å². The molecular formula is C17H12Cl2N4O4S. The third-order valence-electron chi connectivity index (χ3n) is 3.70. The summed E-state index contributed by atoms with van der Waals surface area (Å²) in [5.74, 6) is -0.765. The van der Waals surface area contributed by atoms with Crippen molar-refractivity contribution in [1.29, 1.82) is 0 Å². The van der Waals surface area contributed by atoms with Gasteiger partial charge in [0.15, 0.2) is 0 Å². The summed E-state index contributed by atoms with van der Waals surface area (Å²) in [5, 5.41) is 3.69. The minimum atomic E-state index is -4.01. The standard InChI is InChI=1S/C17H12Cl2N4O4S/c18-13-9-21-23(17(25)15(13)19)10-5-7-11(8-6-10)28(26,27)22-14-4-2-1-3-12(14)16(20)24/h1-9,22H,(H2,20,24). The van der Waals surface area contributed by atoms with Gasteiger partial charge in [-0.2, -0.15) is 9.78 Å². The highest BCUT2D eigenvalue weighted by Crippen LogP contribution is 2.21. The van der Waals surface area contributed by atoms with Gasteiger partial charge in [0.05, 0.1) is 33.1 Å². The van der Waals surface area contributed by atoms with Crippen molar-refractivity contribution in [2.75, 3.05) is 4.72 Å². The topological polar surface area (TPSA) is 124 Å². The largest absolute Gasteiger partial charge is 0.366 e. The Bertz CT molecular complexity index is 1220. The van der Waals surface area contributed by atoms with Crippen LogP contribution in [0.3, 0.4) is 0 Å². The van der Waals surface area contributed by atoms with Gasteiger partial charge >= 0.3 is 0 Å². The summed E-state index contributed by atoms with van der Waals surface area (Å²) >= 11 is 11.6. The molecule has 1 heterocycles. The Morgan fingerprint density at radius 2 is 1.71 bits per heavy atom. The molecule has 0 aliphatic heterocycles. The smallest absolute Gasteiger partial charge is 0.291 e. The predicted molar refractivity (Wildman–Crippen MR) is 106 cm³/mol. The van der Waals surface area contributed by atoms with Crippen molar-refractivity contribution < 1.29 is 13.2 Å². The minimum Gasteiger partial charge on any atom is -0.366 e. The molecule has 3 rings (SSSR count). The SMILES string of the molecule is NC(=O)c1ccccc1NS(=O)(=O)c1ccc(-n2ncc(Cl)c(Cl)c2=O)cc1. The monoisotopic (exact) mass is 438 g/mol. The van der Waals surface area contributed by atoms with Gasteiger partial charge in [-0.1, -0.05) is 35.3 Å². The molecule has 0 aliphatic rings. The van der Waals surface area contributed by atoms with Crippen LogP contribution in [0.4, 0.5) is 5.69 Å². The number of para-hydroxylation sites is 1. The number of nitrogens with zero attached hydrogens (tertiary/aromatic N) is 2. The van der Waals surface area contributed by atoms with E-state index in [9.17, 15) is 18.0 Å². The molecule has 0 saturated heterocycles. The van der Waals surface area contributed by atoms with E-state index in [2.05, 4.69) is 9.82 Å². The highest BCUT2D eigenvalue weighted by Gasteiger charge is 2.18. The fourth-order valence-corrected chi connectivity index (χ4v) is 3.69. The third kappa shape index (κ3) is 3.86. The van der Waals surface area contributed by atoms with Crippen molar-refractivity contribution in [2.24, 2.45) is 5.73 Å². The van der Waals surface area contributed by atoms with Gasteiger partial charge in [-0.15, -0.1) is 0 Å². The number of nitrogens with two attached hydrogens (primary N) is 1. The summed E-state index contributed by atoms with van der Waals surface area (Å²) in [6.07, 6.45) is 1.21. The molecule has 28 heavy (non-hydrogen) atoms. The summed E-state index contributed by atoms with van der Waals surface area (Å²) in [6, 6.07) is 11.3. The molecular weight excluding hydrogens is 427 g/mol. The van der Waals surface area contributed by atoms with Crippen molar-refractivity contribution in [2.45, 2.75) is 4.90 Å². The lowest BCUT2D eigenvalue weighted by Crippen LogP contribution is -2.21. The number of primary amides is 1. The van der Waals surface area contributed by atoms with Crippen LogP contribution in [-0.4, -0.2) is 24.1 Å². The van der Waals surface area contributed by atoms with Gasteiger partial charge in [0.1, 0.15) is 5.02 Å². The van der Waals surface area contributed by atoms with Gasteiger partial charge < -0.3 is 5.73 Å². The summed E-state index contributed by atoms with van der Waals surface area (Å²) in [5.41, 5.74) is 5.00. The van der Waals surface area contributed by atoms with E-state index < -0.39 is 21.5 Å². The van der Waals surface area contributed by atoms with E-state index in [-0.39, 0.29) is 26.2 Å². The average Bonchev–Trinajstić information content (AvgIpc) is 2.66. The zero-order chi connectivity index (χ0) is 20.5. The van der Waals surface area contributed by atoms with Gasteiger partial charge in [-0.05, 0) is 36.4 Å². The van der Waals surface area contributed by atoms with Crippen molar-refractivity contribution in [3.8, 4) is 5.69 Å². The molecule has 0 spiro atoms. The first-order valence-electron chi connectivity index (χ1n) is 7.66. The van der Waals surface area contributed by atoms with Crippen molar-refractivity contribution >= 4 is 44.8 Å². The van der Waals surface area contributed by atoms with Crippen LogP contribution in [0.2, 0.25) is 10.0 Å². The molecule has 2 aromatic carbocycles. The molecule has 0 bridgehead atoms. The number of nitrogens with one attached hydrogen (secondary N) is 1. The van der Waals surface area contributed by atoms with Crippen molar-refractivity contribution in [3.63, 3.8) is 0 Å². The summed E-state index contributed by atoms with van der Waals surface area (Å²) in [7, 11) is -4.01. The maximum atomic E-state index is 12.6. The number of carbonyl (C=O) groups is 1. The Morgan fingerprint density at radius 1 is 1.07 bits per heavy atom. The zero-order valence-corrected chi connectivity index (χ0v) is 16.3. The lowest BCUT2D eigenvalue weighted by Gasteiger charge is -2.11. The zero-order valence-electron chi connectivity index (χ0n) is 14.0. The van der Waals surface area contributed by atoms with Gasteiger partial charge in [0, 0.05) is 0 Å². The van der Waals surface area contributed by atoms with Gasteiger partial charge in [0.25, 0.3) is 21.5 Å². The van der Waals surface area contributed by atoms with Crippen LogP contribution in [-0.2, 0) is 10.0 Å². The first-order valence-corrected chi connectivity index (χ1v) is 9.90. The van der Waals surface area contributed by atoms with Crippen LogP contribution in [0.25, 0.3) is 5.69 Å². The van der Waals surface area contributed by atoms with Crippen LogP contribution in [0.5, 0.6) is 0 Å². The molecule has 3 aromatic rings. The van der Waals surface area contributed by atoms with Crippen molar-refractivity contribution in [3.05, 3.63) is 80.7 Å². The molecule has 1 aromatic heterocycles. The number of carbonyl (C=O) groups excluding carboxylic acids is 1. The lowest BCUT2D eigenvalue weighted by atomic mass is 10.2. The first-order chi connectivity index (χ1) is 13.2. The number of aromatic nitrogens is 2. The Kier molecular flexibility index (Phi) is 5.41. The van der Waals surface area contributed by atoms with Crippen LogP contribution in [0.1, 0.15) is 10.4 Å². The first kappa shape index (κ1) is 19.9. The van der Waals surface area contributed by atoms with Crippen LogP contribution in [0, 0.1) is 0 Å². The number of sulfonamides is 1. The highest BCUT2D eigenvalue weighted by molar-refractivity contribution is 7.92. The second-order valence-corrected chi connectivity index (χ2v) is 8.00. The van der Waals surface area contributed by atoms with E-state index >= 15 is 0 Å². The molecule has 0 saturated carbocycles. The quantitative estimate of drug-likeness (QED) is 0.632. The predicted octanol–water partition coefficient (Wildman–Crippen LogP) is 2.44. The Hall–Kier alpha value is -2.88. The fourth-order valence-electron chi connectivity index (χ4n) is 2.35. The van der Waals surface area contributed by atoms with Gasteiger partial charge in [-0.3, -0.25) is 14.3 Å². The number of hydrogen-bond donors (Lipinski definition) is 2. The molecule has 0 fully saturated rings. The molecule has 8 nitrogen and oxygen atoms in total. The van der Waals surface area contributed by atoms with E-state index in [1.165, 1.54) is 42.6 Å². The molecule has 0 aliphatic carbocycles. The summed E-state index contributed by atoms with van der Waals surface area (Å²) < 4.78 is 28.5. The number of hydrogen-bond acceptors (Lipinski definition) is 5. The molecule has 0 unspecified atom stereocenters. The average molecular weight is 439 g/mol. The number of halogens is 2. The van der Waals surface area contributed by atoms with Crippen molar-refractivity contribution in [1.82, 2.24) is 9.78 Å². The maximum Gasteiger partial charge on any atom is 0.291 e. The van der Waals surface area contributed by atoms with E-state index in [1.807, 2.05) is 0 Å². The van der Waals surface area contributed by atoms with E-state index in [0.717, 1.165) is 4.68 Å². The van der Waals surface area contributed by atoms with Gasteiger partial charge in [0.2, 0.25) is 0 Å². The van der Waals surface area contributed by atoms with Crippen LogP contribution >= 0.6 is 23.2 Å². The Balaban J connectivity index is 1.94. The summed E-state index contributed by atoms with van der Waals surface area (Å²) in [4.78, 5) is 23.5. The second kappa shape index (κ2) is 7.63. The molecule has 3 N–H and O–H groups in total. The minimum absolute atomic E-state index is 0.0134. The highest BCUT2D eigenvalue weighted by atomic mass is 35.5. The molecule has 11 heteroatoms.